The third-order valence-corrected chi connectivity index (χ3v) is 5.69. The van der Waals surface area contributed by atoms with Crippen LogP contribution in [0.5, 0.6) is 0 Å². The molecule has 2 aliphatic rings. The molecule has 1 fully saturated rings. The average Bonchev–Trinajstić information content (AvgIpc) is 2.62. The van der Waals surface area contributed by atoms with Gasteiger partial charge in [-0.3, -0.25) is 4.79 Å². The number of aryl methyl sites for hydroxylation is 1. The number of hydrogen-bond donors (Lipinski definition) is 3. The molecule has 0 saturated heterocycles. The molecule has 1 saturated carbocycles. The van der Waals surface area contributed by atoms with Gasteiger partial charge in [0, 0.05) is 6.04 Å². The number of rotatable bonds is 5. The lowest BCUT2D eigenvalue weighted by molar-refractivity contribution is -0.131. The Labute approximate surface area is 144 Å². The summed E-state index contributed by atoms with van der Waals surface area (Å²) in [5, 5.41) is 13.4. The number of nitrogens with two attached hydrogens (primary N) is 1. The summed E-state index contributed by atoms with van der Waals surface area (Å²) >= 11 is 0. The van der Waals surface area contributed by atoms with Gasteiger partial charge >= 0.3 is 0 Å². The van der Waals surface area contributed by atoms with Crippen molar-refractivity contribution < 1.29 is 9.90 Å². The topological polar surface area (TPSA) is 75.3 Å². The summed E-state index contributed by atoms with van der Waals surface area (Å²) in [6, 6.07) is 7.78. The van der Waals surface area contributed by atoms with Gasteiger partial charge in [0.05, 0.1) is 6.04 Å². The van der Waals surface area contributed by atoms with Crippen LogP contribution in [0.2, 0.25) is 0 Å². The first kappa shape index (κ1) is 17.4. The molecule has 0 spiro atoms. The fraction of sp³-hybridized carbons (Fsp3) is 0.650. The van der Waals surface area contributed by atoms with E-state index in [4.69, 9.17) is 5.73 Å². The van der Waals surface area contributed by atoms with Gasteiger partial charge in [-0.25, -0.2) is 0 Å². The molecule has 1 amide bonds. The van der Waals surface area contributed by atoms with Crippen molar-refractivity contribution in [1.29, 1.82) is 0 Å². The zero-order valence-electron chi connectivity index (χ0n) is 14.4. The predicted molar refractivity (Wildman–Crippen MR) is 95.4 cm³/mol. The van der Waals surface area contributed by atoms with Gasteiger partial charge in [-0.2, -0.15) is 0 Å². The Kier molecular flexibility index (Phi) is 5.90. The van der Waals surface area contributed by atoms with Crippen LogP contribution >= 0.6 is 0 Å². The van der Waals surface area contributed by atoms with Crippen LogP contribution in [0.15, 0.2) is 24.3 Å². The first-order valence-corrected chi connectivity index (χ1v) is 9.47. The summed E-state index contributed by atoms with van der Waals surface area (Å²) in [7, 11) is 0. The van der Waals surface area contributed by atoms with E-state index in [1.807, 2.05) is 12.1 Å². The lowest BCUT2D eigenvalue weighted by Gasteiger charge is -2.30. The molecule has 24 heavy (non-hydrogen) atoms. The monoisotopic (exact) mass is 330 g/mol. The molecule has 0 radical (unpaired) electrons. The van der Waals surface area contributed by atoms with Crippen molar-refractivity contribution in [2.24, 2.45) is 11.7 Å². The Balaban J connectivity index is 1.56. The van der Waals surface area contributed by atoms with E-state index >= 15 is 0 Å². The molecule has 0 bridgehead atoms. The SMILES string of the molecule is N[C@H](CC1CCCCC1)C(O)C(=O)NC1CCCc2ccccc21. The Morgan fingerprint density at radius 2 is 1.92 bits per heavy atom. The highest BCUT2D eigenvalue weighted by molar-refractivity contribution is 5.81. The van der Waals surface area contributed by atoms with Gasteiger partial charge in [0.1, 0.15) is 6.10 Å². The number of carbonyl (C=O) groups excluding carboxylic acids is 1. The number of carbonyl (C=O) groups is 1. The number of aliphatic hydroxyl groups is 1. The minimum atomic E-state index is -1.11. The minimum absolute atomic E-state index is 0.000944. The van der Waals surface area contributed by atoms with E-state index in [-0.39, 0.29) is 11.9 Å². The van der Waals surface area contributed by atoms with E-state index < -0.39 is 12.1 Å². The number of aliphatic hydroxyl groups excluding tert-OH is 1. The van der Waals surface area contributed by atoms with Crippen molar-refractivity contribution in [1.82, 2.24) is 5.32 Å². The van der Waals surface area contributed by atoms with Crippen LogP contribution in [0.1, 0.15) is 68.5 Å². The van der Waals surface area contributed by atoms with Crippen molar-refractivity contribution in [3.05, 3.63) is 35.4 Å². The van der Waals surface area contributed by atoms with Gasteiger partial charge in [-0.15, -0.1) is 0 Å². The van der Waals surface area contributed by atoms with Crippen molar-refractivity contribution in [3.63, 3.8) is 0 Å². The standard InChI is InChI=1S/C20H30N2O2/c21-17(13-14-7-2-1-3-8-14)19(23)20(24)22-18-12-6-10-15-9-4-5-11-16(15)18/h4-5,9,11,14,17-19,23H,1-3,6-8,10,12-13,21H2,(H,22,24)/t17-,18?,19?/m1/s1. The molecule has 132 valence electrons. The van der Waals surface area contributed by atoms with Crippen LogP contribution in [0, 0.1) is 5.92 Å². The first-order valence-electron chi connectivity index (χ1n) is 9.47. The third kappa shape index (κ3) is 4.17. The third-order valence-electron chi connectivity index (χ3n) is 5.69. The fourth-order valence-electron chi connectivity index (χ4n) is 4.29. The lowest BCUT2D eigenvalue weighted by atomic mass is 9.83. The maximum Gasteiger partial charge on any atom is 0.250 e. The van der Waals surface area contributed by atoms with Crippen LogP contribution in [-0.4, -0.2) is 23.2 Å². The second-order valence-corrected chi connectivity index (χ2v) is 7.50. The molecule has 3 atom stereocenters. The highest BCUT2D eigenvalue weighted by Crippen LogP contribution is 2.30. The smallest absolute Gasteiger partial charge is 0.250 e. The van der Waals surface area contributed by atoms with E-state index in [9.17, 15) is 9.90 Å². The van der Waals surface area contributed by atoms with Crippen LogP contribution in [0.4, 0.5) is 0 Å². The molecule has 0 aromatic heterocycles. The number of fused-ring (bicyclic) bond motifs is 1. The molecular weight excluding hydrogens is 300 g/mol. The van der Waals surface area contributed by atoms with Crippen molar-refractivity contribution in [2.45, 2.75) is 76.0 Å². The highest BCUT2D eigenvalue weighted by Gasteiger charge is 2.29. The molecule has 3 rings (SSSR count). The number of hydrogen-bond acceptors (Lipinski definition) is 3. The van der Waals surface area contributed by atoms with Crippen molar-refractivity contribution >= 4 is 5.91 Å². The van der Waals surface area contributed by atoms with Crippen molar-refractivity contribution in [3.8, 4) is 0 Å². The molecule has 1 aromatic carbocycles. The lowest BCUT2D eigenvalue weighted by Crippen LogP contribution is -2.48. The Hall–Kier alpha value is -1.39. The molecule has 1 aromatic rings. The molecule has 2 aliphatic carbocycles. The highest BCUT2D eigenvalue weighted by atomic mass is 16.3. The molecule has 0 aliphatic heterocycles. The molecule has 2 unspecified atom stereocenters. The zero-order valence-corrected chi connectivity index (χ0v) is 14.4. The molecule has 4 nitrogen and oxygen atoms in total. The van der Waals surface area contributed by atoms with Crippen LogP contribution in [0.3, 0.4) is 0 Å². The summed E-state index contributed by atoms with van der Waals surface area (Å²) in [5.41, 5.74) is 8.62. The first-order chi connectivity index (χ1) is 11.6. The summed E-state index contributed by atoms with van der Waals surface area (Å²) in [4.78, 5) is 12.5. The quantitative estimate of drug-likeness (QED) is 0.777. The van der Waals surface area contributed by atoms with Crippen molar-refractivity contribution in [2.75, 3.05) is 0 Å². The van der Waals surface area contributed by atoms with E-state index in [1.54, 1.807) is 0 Å². The fourth-order valence-corrected chi connectivity index (χ4v) is 4.29. The van der Waals surface area contributed by atoms with Gasteiger partial charge in [0.25, 0.3) is 5.91 Å². The predicted octanol–water partition coefficient (Wildman–Crippen LogP) is 2.84. The van der Waals surface area contributed by atoms with Gasteiger partial charge in [0.15, 0.2) is 0 Å². The van der Waals surface area contributed by atoms with Crippen LogP contribution < -0.4 is 11.1 Å². The van der Waals surface area contributed by atoms with Crippen LogP contribution in [0.25, 0.3) is 0 Å². The summed E-state index contributed by atoms with van der Waals surface area (Å²) < 4.78 is 0. The summed E-state index contributed by atoms with van der Waals surface area (Å²) in [6.07, 6.45) is 8.84. The molecule has 4 N–H and O–H groups in total. The number of nitrogens with one attached hydrogen (secondary N) is 1. The second kappa shape index (κ2) is 8.13. The second-order valence-electron chi connectivity index (χ2n) is 7.50. The number of benzene rings is 1. The van der Waals surface area contributed by atoms with Crippen LogP contribution in [-0.2, 0) is 11.2 Å². The largest absolute Gasteiger partial charge is 0.382 e. The van der Waals surface area contributed by atoms with Gasteiger partial charge < -0.3 is 16.2 Å². The van der Waals surface area contributed by atoms with E-state index in [2.05, 4.69) is 17.4 Å². The average molecular weight is 330 g/mol. The minimum Gasteiger partial charge on any atom is -0.382 e. The maximum absolute atomic E-state index is 12.5. The van der Waals surface area contributed by atoms with E-state index in [1.165, 1.54) is 43.2 Å². The normalized spacial score (nSPS) is 24.0. The van der Waals surface area contributed by atoms with Gasteiger partial charge in [-0.05, 0) is 42.7 Å². The zero-order chi connectivity index (χ0) is 16.9. The van der Waals surface area contributed by atoms with Gasteiger partial charge in [-0.1, -0.05) is 56.4 Å². The Morgan fingerprint density at radius 3 is 2.71 bits per heavy atom. The van der Waals surface area contributed by atoms with Gasteiger partial charge in [0.2, 0.25) is 0 Å². The molecular formula is C20H30N2O2. The Morgan fingerprint density at radius 1 is 1.17 bits per heavy atom. The maximum atomic E-state index is 12.5. The van der Waals surface area contributed by atoms with E-state index in [0.29, 0.717) is 5.92 Å². The summed E-state index contributed by atoms with van der Waals surface area (Å²) in [5.74, 6) is 0.242. The summed E-state index contributed by atoms with van der Waals surface area (Å²) in [6.45, 7) is 0. The Bertz CT molecular complexity index is 554. The molecule has 0 heterocycles. The number of amides is 1. The van der Waals surface area contributed by atoms with E-state index in [0.717, 1.165) is 25.7 Å². The molecule has 4 heteroatoms.